The molecule has 108 valence electrons. The van der Waals surface area contributed by atoms with Crippen molar-refractivity contribution in [1.82, 2.24) is 4.57 Å². The highest BCUT2D eigenvalue weighted by Gasteiger charge is 2.03. The number of nitrogens with zero attached hydrogens (tertiary/aromatic N) is 1. The van der Waals surface area contributed by atoms with Crippen LogP contribution in [0.3, 0.4) is 0 Å². The Kier molecular flexibility index (Phi) is 5.16. The third-order valence-electron chi connectivity index (χ3n) is 3.32. The molecule has 0 aliphatic heterocycles. The number of carbonyl (C=O) groups excluding carboxylic acids is 1. The number of ether oxygens (including phenoxy) is 1. The van der Waals surface area contributed by atoms with Crippen LogP contribution in [0.25, 0.3) is 10.9 Å². The summed E-state index contributed by atoms with van der Waals surface area (Å²) in [6, 6.07) is 6.83. The van der Waals surface area contributed by atoms with Crippen LogP contribution in [-0.4, -0.2) is 17.1 Å². The summed E-state index contributed by atoms with van der Waals surface area (Å²) in [5.41, 5.74) is 0.926. The van der Waals surface area contributed by atoms with E-state index in [2.05, 4.69) is 4.57 Å². The maximum atomic E-state index is 13.2. The van der Waals surface area contributed by atoms with Gasteiger partial charge in [-0.3, -0.25) is 4.79 Å². The molecular weight excluding hydrogens is 257 g/mol. The Morgan fingerprint density at radius 1 is 1.25 bits per heavy atom. The Morgan fingerprint density at radius 2 is 2.10 bits per heavy atom. The topological polar surface area (TPSA) is 31.2 Å². The molecule has 0 atom stereocenters. The molecule has 2 rings (SSSR count). The lowest BCUT2D eigenvalue weighted by molar-refractivity contribution is -0.143. The minimum Gasteiger partial charge on any atom is -0.466 e. The number of rotatable bonds is 7. The third kappa shape index (κ3) is 3.83. The van der Waals surface area contributed by atoms with Gasteiger partial charge in [0.15, 0.2) is 0 Å². The molecule has 4 heteroatoms. The standard InChI is InChI=1S/C16H20FNO2/c1-2-20-16(19)6-4-3-5-10-18-11-9-13-7-8-14(17)12-15(13)18/h7-9,11-12H,2-6,10H2,1H3. The number of unbranched alkanes of at least 4 members (excludes halogenated alkanes) is 2. The number of aromatic nitrogens is 1. The number of halogens is 1. The summed E-state index contributed by atoms with van der Waals surface area (Å²) in [6.45, 7) is 3.10. The first-order valence-electron chi connectivity index (χ1n) is 7.10. The lowest BCUT2D eigenvalue weighted by Crippen LogP contribution is -2.03. The Balaban J connectivity index is 1.78. The molecule has 1 heterocycles. The molecule has 0 aliphatic rings. The Morgan fingerprint density at radius 3 is 2.90 bits per heavy atom. The van der Waals surface area contributed by atoms with Crippen molar-refractivity contribution < 1.29 is 13.9 Å². The van der Waals surface area contributed by atoms with E-state index in [1.165, 1.54) is 6.07 Å². The summed E-state index contributed by atoms with van der Waals surface area (Å²) in [5.74, 6) is -0.333. The van der Waals surface area contributed by atoms with Crippen molar-refractivity contribution in [2.45, 2.75) is 39.2 Å². The Hall–Kier alpha value is -1.84. The second kappa shape index (κ2) is 7.08. The van der Waals surface area contributed by atoms with Crippen molar-refractivity contribution in [3.05, 3.63) is 36.3 Å². The van der Waals surface area contributed by atoms with Gasteiger partial charge >= 0.3 is 5.97 Å². The number of hydrogen-bond donors (Lipinski definition) is 0. The van der Waals surface area contributed by atoms with Gasteiger partial charge in [0.25, 0.3) is 0 Å². The molecule has 0 saturated heterocycles. The molecule has 0 unspecified atom stereocenters. The average Bonchev–Trinajstić information content (AvgIpc) is 2.81. The molecule has 0 spiro atoms. The first-order valence-corrected chi connectivity index (χ1v) is 7.10. The van der Waals surface area contributed by atoms with Crippen LogP contribution in [-0.2, 0) is 16.1 Å². The highest BCUT2D eigenvalue weighted by molar-refractivity contribution is 5.80. The van der Waals surface area contributed by atoms with Crippen LogP contribution in [0.15, 0.2) is 30.5 Å². The minimum absolute atomic E-state index is 0.124. The maximum absolute atomic E-state index is 13.2. The van der Waals surface area contributed by atoms with Crippen molar-refractivity contribution >= 4 is 16.9 Å². The van der Waals surface area contributed by atoms with Gasteiger partial charge in [-0.25, -0.2) is 4.39 Å². The number of esters is 1. The highest BCUT2D eigenvalue weighted by atomic mass is 19.1. The van der Waals surface area contributed by atoms with Crippen LogP contribution in [0.2, 0.25) is 0 Å². The lowest BCUT2D eigenvalue weighted by atomic mass is 10.2. The summed E-state index contributed by atoms with van der Waals surface area (Å²) >= 11 is 0. The summed E-state index contributed by atoms with van der Waals surface area (Å²) in [5, 5.41) is 1.05. The number of hydrogen-bond acceptors (Lipinski definition) is 2. The molecule has 0 amide bonds. The van der Waals surface area contributed by atoms with E-state index in [1.807, 2.05) is 19.2 Å². The van der Waals surface area contributed by atoms with Gasteiger partial charge in [0.1, 0.15) is 5.82 Å². The molecule has 0 bridgehead atoms. The van der Waals surface area contributed by atoms with Crippen LogP contribution in [0.5, 0.6) is 0 Å². The zero-order valence-corrected chi connectivity index (χ0v) is 11.8. The van der Waals surface area contributed by atoms with E-state index in [0.717, 1.165) is 36.7 Å². The normalized spacial score (nSPS) is 10.9. The van der Waals surface area contributed by atoms with Crippen molar-refractivity contribution in [2.75, 3.05) is 6.61 Å². The fourth-order valence-electron chi connectivity index (χ4n) is 2.31. The van der Waals surface area contributed by atoms with Gasteiger partial charge in [0.05, 0.1) is 12.1 Å². The van der Waals surface area contributed by atoms with Gasteiger partial charge < -0.3 is 9.30 Å². The van der Waals surface area contributed by atoms with E-state index in [-0.39, 0.29) is 11.8 Å². The van der Waals surface area contributed by atoms with E-state index < -0.39 is 0 Å². The summed E-state index contributed by atoms with van der Waals surface area (Å²) in [4.78, 5) is 11.2. The molecule has 2 aromatic rings. The number of benzene rings is 1. The Bertz CT molecular complexity index is 577. The van der Waals surface area contributed by atoms with Crippen LogP contribution >= 0.6 is 0 Å². The van der Waals surface area contributed by atoms with Crippen LogP contribution in [0.4, 0.5) is 4.39 Å². The van der Waals surface area contributed by atoms with Gasteiger partial charge in [0.2, 0.25) is 0 Å². The van der Waals surface area contributed by atoms with Gasteiger partial charge in [-0.2, -0.15) is 0 Å². The quantitative estimate of drug-likeness (QED) is 0.567. The molecule has 1 aromatic carbocycles. The zero-order chi connectivity index (χ0) is 14.4. The summed E-state index contributed by atoms with van der Waals surface area (Å²) < 4.78 is 20.2. The molecule has 0 fully saturated rings. The first-order chi connectivity index (χ1) is 9.70. The van der Waals surface area contributed by atoms with Gasteiger partial charge in [-0.15, -0.1) is 0 Å². The van der Waals surface area contributed by atoms with Crippen LogP contribution < -0.4 is 0 Å². The highest BCUT2D eigenvalue weighted by Crippen LogP contribution is 2.18. The SMILES string of the molecule is CCOC(=O)CCCCCn1ccc2ccc(F)cc21. The largest absolute Gasteiger partial charge is 0.466 e. The Labute approximate surface area is 118 Å². The molecule has 3 nitrogen and oxygen atoms in total. The molecule has 0 aliphatic carbocycles. The maximum Gasteiger partial charge on any atom is 0.305 e. The van der Waals surface area contributed by atoms with E-state index in [4.69, 9.17) is 4.74 Å². The first kappa shape index (κ1) is 14.6. The second-order valence-corrected chi connectivity index (χ2v) is 4.83. The van der Waals surface area contributed by atoms with Crippen molar-refractivity contribution in [2.24, 2.45) is 0 Å². The zero-order valence-electron chi connectivity index (χ0n) is 11.8. The molecule has 0 saturated carbocycles. The lowest BCUT2D eigenvalue weighted by Gasteiger charge is -2.06. The van der Waals surface area contributed by atoms with Gasteiger partial charge in [0, 0.05) is 19.2 Å². The van der Waals surface area contributed by atoms with Gasteiger partial charge in [-0.05, 0) is 49.4 Å². The molecule has 1 aromatic heterocycles. The number of fused-ring (bicyclic) bond motifs is 1. The number of aryl methyl sites for hydroxylation is 1. The van der Waals surface area contributed by atoms with E-state index >= 15 is 0 Å². The fraction of sp³-hybridized carbons (Fsp3) is 0.438. The second-order valence-electron chi connectivity index (χ2n) is 4.83. The van der Waals surface area contributed by atoms with E-state index in [1.54, 1.807) is 12.1 Å². The average molecular weight is 277 g/mol. The number of carbonyl (C=O) groups is 1. The van der Waals surface area contributed by atoms with Crippen LogP contribution in [0.1, 0.15) is 32.6 Å². The predicted octanol–water partition coefficient (Wildman–Crippen LogP) is 3.90. The third-order valence-corrected chi connectivity index (χ3v) is 3.32. The van der Waals surface area contributed by atoms with Gasteiger partial charge in [-0.1, -0.05) is 6.42 Å². The van der Waals surface area contributed by atoms with Crippen molar-refractivity contribution in [3.8, 4) is 0 Å². The predicted molar refractivity (Wildman–Crippen MR) is 77.0 cm³/mol. The van der Waals surface area contributed by atoms with E-state index in [0.29, 0.717) is 13.0 Å². The molecule has 20 heavy (non-hydrogen) atoms. The molecule has 0 radical (unpaired) electrons. The van der Waals surface area contributed by atoms with E-state index in [9.17, 15) is 9.18 Å². The van der Waals surface area contributed by atoms with Crippen LogP contribution in [0, 0.1) is 5.82 Å². The minimum atomic E-state index is -0.209. The fourth-order valence-corrected chi connectivity index (χ4v) is 2.31. The molecule has 0 N–H and O–H groups in total. The monoisotopic (exact) mass is 277 g/mol. The van der Waals surface area contributed by atoms with Crippen molar-refractivity contribution in [1.29, 1.82) is 0 Å². The molecular formula is C16H20FNO2. The smallest absolute Gasteiger partial charge is 0.305 e. The summed E-state index contributed by atoms with van der Waals surface area (Å²) in [7, 11) is 0. The van der Waals surface area contributed by atoms with Crippen molar-refractivity contribution in [3.63, 3.8) is 0 Å². The summed E-state index contributed by atoms with van der Waals surface area (Å²) in [6.07, 6.45) is 5.24.